The summed E-state index contributed by atoms with van der Waals surface area (Å²) in [7, 11) is 0. The molecular formula is C10H10Cl2O2. The summed E-state index contributed by atoms with van der Waals surface area (Å²) in [6.45, 7) is 3.24. The molecule has 0 aliphatic heterocycles. The molecule has 4 heteroatoms. The average molecular weight is 233 g/mol. The van der Waals surface area contributed by atoms with Crippen LogP contribution in [0.2, 0.25) is 0 Å². The number of hydrogen-bond acceptors (Lipinski definition) is 2. The lowest BCUT2D eigenvalue weighted by Crippen LogP contribution is -2.23. The van der Waals surface area contributed by atoms with Crippen molar-refractivity contribution in [3.63, 3.8) is 0 Å². The fourth-order valence-corrected chi connectivity index (χ4v) is 2.04. The Morgan fingerprint density at radius 2 is 1.21 bits per heavy atom. The van der Waals surface area contributed by atoms with Crippen LogP contribution in [-0.4, -0.2) is 23.3 Å². The van der Waals surface area contributed by atoms with Gasteiger partial charge < -0.3 is 0 Å². The van der Waals surface area contributed by atoms with Gasteiger partial charge in [0, 0.05) is 22.3 Å². The third kappa shape index (κ3) is 1.64. The molecule has 14 heavy (non-hydrogen) atoms. The highest BCUT2D eigenvalue weighted by Gasteiger charge is 2.28. The summed E-state index contributed by atoms with van der Waals surface area (Å²) >= 11 is 11.2. The standard InChI is InChI=1S/C10H10Cl2O2/c1-5-7(3-11)10(14)8(4-12)6(2)9(5)13/h3-4H2,1-2H3. The second-order valence-corrected chi connectivity index (χ2v) is 3.67. The van der Waals surface area contributed by atoms with Crippen LogP contribution in [0.1, 0.15) is 13.8 Å². The largest absolute Gasteiger partial charge is 0.289 e. The van der Waals surface area contributed by atoms with Gasteiger partial charge in [0.25, 0.3) is 0 Å². The molecule has 0 saturated carbocycles. The van der Waals surface area contributed by atoms with E-state index in [0.29, 0.717) is 22.3 Å². The Hall–Kier alpha value is -0.600. The molecule has 0 aromatic heterocycles. The van der Waals surface area contributed by atoms with Crippen LogP contribution < -0.4 is 0 Å². The highest BCUT2D eigenvalue weighted by molar-refractivity contribution is 6.34. The maximum Gasteiger partial charge on any atom is 0.188 e. The number of halogens is 2. The molecule has 2 nitrogen and oxygen atoms in total. The zero-order chi connectivity index (χ0) is 10.9. The number of hydrogen-bond donors (Lipinski definition) is 0. The topological polar surface area (TPSA) is 34.1 Å². The molecule has 0 spiro atoms. The second-order valence-electron chi connectivity index (χ2n) is 3.13. The first-order valence-electron chi connectivity index (χ1n) is 4.15. The van der Waals surface area contributed by atoms with Gasteiger partial charge in [-0.05, 0) is 13.8 Å². The number of rotatable bonds is 2. The quantitative estimate of drug-likeness (QED) is 0.541. The van der Waals surface area contributed by atoms with Crippen LogP contribution in [0.15, 0.2) is 22.3 Å². The van der Waals surface area contributed by atoms with E-state index in [1.165, 1.54) is 0 Å². The highest BCUT2D eigenvalue weighted by atomic mass is 35.5. The number of carbonyl (C=O) groups excluding carboxylic acids is 2. The fourth-order valence-electron chi connectivity index (χ4n) is 1.40. The van der Waals surface area contributed by atoms with E-state index in [4.69, 9.17) is 23.2 Å². The van der Waals surface area contributed by atoms with Crippen LogP contribution in [0.4, 0.5) is 0 Å². The summed E-state index contributed by atoms with van der Waals surface area (Å²) in [5.41, 5.74) is 1.63. The van der Waals surface area contributed by atoms with Crippen molar-refractivity contribution in [1.29, 1.82) is 0 Å². The Labute approximate surface area is 92.6 Å². The number of ketones is 2. The molecule has 0 radical (unpaired) electrons. The van der Waals surface area contributed by atoms with Crippen LogP contribution in [0.25, 0.3) is 0 Å². The minimum Gasteiger partial charge on any atom is -0.289 e. The smallest absolute Gasteiger partial charge is 0.188 e. The van der Waals surface area contributed by atoms with E-state index < -0.39 is 0 Å². The van der Waals surface area contributed by atoms with Crippen LogP contribution in [0.5, 0.6) is 0 Å². The first kappa shape index (κ1) is 11.5. The third-order valence-corrected chi connectivity index (χ3v) is 2.94. The van der Waals surface area contributed by atoms with Gasteiger partial charge in [-0.3, -0.25) is 9.59 Å². The molecule has 0 aromatic carbocycles. The monoisotopic (exact) mass is 232 g/mol. The second kappa shape index (κ2) is 4.28. The molecule has 0 amide bonds. The fraction of sp³-hybridized carbons (Fsp3) is 0.400. The van der Waals surface area contributed by atoms with Crippen LogP contribution in [0.3, 0.4) is 0 Å². The molecule has 0 saturated heterocycles. The van der Waals surface area contributed by atoms with Crippen molar-refractivity contribution in [2.45, 2.75) is 13.8 Å². The minimum atomic E-state index is -0.190. The Morgan fingerprint density at radius 1 is 0.857 bits per heavy atom. The lowest BCUT2D eigenvalue weighted by molar-refractivity contribution is -0.116. The van der Waals surface area contributed by atoms with Crippen molar-refractivity contribution >= 4 is 34.8 Å². The maximum atomic E-state index is 11.7. The molecule has 1 aliphatic rings. The van der Waals surface area contributed by atoms with Crippen molar-refractivity contribution in [1.82, 2.24) is 0 Å². The first-order valence-corrected chi connectivity index (χ1v) is 5.22. The van der Waals surface area contributed by atoms with Gasteiger partial charge in [0.2, 0.25) is 0 Å². The van der Waals surface area contributed by atoms with Crippen molar-refractivity contribution in [2.24, 2.45) is 0 Å². The van der Waals surface area contributed by atoms with Crippen molar-refractivity contribution in [3.8, 4) is 0 Å². The van der Waals surface area contributed by atoms with E-state index in [2.05, 4.69) is 0 Å². The van der Waals surface area contributed by atoms with E-state index in [9.17, 15) is 9.59 Å². The summed E-state index contributed by atoms with van der Waals surface area (Å²) in [5, 5.41) is 0. The normalized spacial score (nSPS) is 18.3. The summed E-state index contributed by atoms with van der Waals surface area (Å²) in [5.74, 6) is -0.200. The first-order chi connectivity index (χ1) is 6.54. The summed E-state index contributed by atoms with van der Waals surface area (Å²) in [4.78, 5) is 23.3. The zero-order valence-corrected chi connectivity index (χ0v) is 9.50. The SMILES string of the molecule is CC1=C(CCl)C(=O)C(CCl)=C(C)C1=O. The van der Waals surface area contributed by atoms with Gasteiger partial charge in [0.15, 0.2) is 11.6 Å². The summed E-state index contributed by atoms with van der Waals surface area (Å²) in [6, 6.07) is 0. The molecule has 76 valence electrons. The molecule has 0 bridgehead atoms. The molecule has 0 unspecified atom stereocenters. The zero-order valence-electron chi connectivity index (χ0n) is 7.99. The van der Waals surface area contributed by atoms with Gasteiger partial charge in [-0.2, -0.15) is 0 Å². The molecule has 0 aromatic rings. The lowest BCUT2D eigenvalue weighted by Gasteiger charge is -2.17. The van der Waals surface area contributed by atoms with E-state index >= 15 is 0 Å². The third-order valence-electron chi connectivity index (χ3n) is 2.40. The number of Topliss-reactive ketones (excluding diaryl/α,β-unsaturated/α-hetero) is 2. The molecule has 0 heterocycles. The number of allylic oxidation sites excluding steroid dienone is 4. The molecule has 0 atom stereocenters. The lowest BCUT2D eigenvalue weighted by atomic mass is 9.87. The van der Waals surface area contributed by atoms with E-state index in [1.807, 2.05) is 0 Å². The maximum absolute atomic E-state index is 11.7. The number of alkyl halides is 2. The predicted octanol–water partition coefficient (Wildman–Crippen LogP) is 2.25. The van der Waals surface area contributed by atoms with Crippen molar-refractivity contribution < 1.29 is 9.59 Å². The molecule has 1 aliphatic carbocycles. The average Bonchev–Trinajstić information content (AvgIpc) is 2.16. The van der Waals surface area contributed by atoms with Gasteiger partial charge >= 0.3 is 0 Å². The van der Waals surface area contributed by atoms with Gasteiger partial charge in [-0.25, -0.2) is 0 Å². The van der Waals surface area contributed by atoms with Gasteiger partial charge in [0.05, 0.1) is 11.8 Å². The minimum absolute atomic E-state index is 0.0596. The summed E-state index contributed by atoms with van der Waals surface area (Å²) < 4.78 is 0. The summed E-state index contributed by atoms with van der Waals surface area (Å²) in [6.07, 6.45) is 0. The van der Waals surface area contributed by atoms with Gasteiger partial charge in [-0.1, -0.05) is 0 Å². The molecule has 0 N–H and O–H groups in total. The molecular weight excluding hydrogens is 223 g/mol. The Balaban J connectivity index is 3.29. The van der Waals surface area contributed by atoms with E-state index in [1.54, 1.807) is 13.8 Å². The molecule has 0 fully saturated rings. The Morgan fingerprint density at radius 3 is 1.50 bits per heavy atom. The number of carbonyl (C=O) groups is 2. The Kier molecular flexibility index (Phi) is 3.51. The Bertz CT molecular complexity index is 332. The van der Waals surface area contributed by atoms with Gasteiger partial charge in [0.1, 0.15) is 0 Å². The predicted molar refractivity (Wildman–Crippen MR) is 56.9 cm³/mol. The van der Waals surface area contributed by atoms with Gasteiger partial charge in [-0.15, -0.1) is 23.2 Å². The molecule has 1 rings (SSSR count). The van der Waals surface area contributed by atoms with E-state index in [0.717, 1.165) is 0 Å². The van der Waals surface area contributed by atoms with Crippen LogP contribution in [-0.2, 0) is 9.59 Å². The van der Waals surface area contributed by atoms with E-state index in [-0.39, 0.29) is 23.3 Å². The highest BCUT2D eigenvalue weighted by Crippen LogP contribution is 2.25. The van der Waals surface area contributed by atoms with Crippen molar-refractivity contribution in [3.05, 3.63) is 22.3 Å². The van der Waals surface area contributed by atoms with Crippen LogP contribution in [0, 0.1) is 0 Å². The van der Waals surface area contributed by atoms with Crippen molar-refractivity contribution in [2.75, 3.05) is 11.8 Å². The van der Waals surface area contributed by atoms with Crippen LogP contribution >= 0.6 is 23.2 Å².